The first-order valence-corrected chi connectivity index (χ1v) is 8.60. The standard InChI is InChI=1S/C19H22N2O3/c1-13-15(20-18(24-13)14-6-3-2-4-7-14)12-17(22)21-11-5-8-16(21)19(23)9-10-19/h2-4,6-7,16,23H,5,8-12H2,1H3. The molecule has 0 spiro atoms. The summed E-state index contributed by atoms with van der Waals surface area (Å²) in [6, 6.07) is 9.67. The van der Waals surface area contributed by atoms with Crippen LogP contribution < -0.4 is 0 Å². The molecule has 1 amide bonds. The zero-order valence-electron chi connectivity index (χ0n) is 13.9. The van der Waals surface area contributed by atoms with Crippen LogP contribution in [-0.4, -0.2) is 39.1 Å². The van der Waals surface area contributed by atoms with Crippen LogP contribution in [0.4, 0.5) is 0 Å². The molecule has 1 aromatic heterocycles. The molecule has 1 aromatic carbocycles. The molecule has 126 valence electrons. The predicted octanol–water partition coefficient (Wildman–Crippen LogP) is 2.71. The van der Waals surface area contributed by atoms with E-state index in [-0.39, 0.29) is 18.4 Å². The van der Waals surface area contributed by atoms with E-state index in [4.69, 9.17) is 4.42 Å². The molecule has 1 aliphatic heterocycles. The Balaban J connectivity index is 1.51. The molecule has 2 fully saturated rings. The summed E-state index contributed by atoms with van der Waals surface area (Å²) in [5.41, 5.74) is 0.957. The fourth-order valence-electron chi connectivity index (χ4n) is 3.63. The van der Waals surface area contributed by atoms with E-state index in [1.165, 1.54) is 0 Å². The van der Waals surface area contributed by atoms with E-state index < -0.39 is 5.60 Å². The molecule has 1 aliphatic carbocycles. The number of likely N-dealkylation sites (tertiary alicyclic amines) is 1. The van der Waals surface area contributed by atoms with Crippen LogP contribution in [0, 0.1) is 6.92 Å². The second-order valence-corrected chi connectivity index (χ2v) is 6.91. The van der Waals surface area contributed by atoms with Gasteiger partial charge in [0.25, 0.3) is 0 Å². The van der Waals surface area contributed by atoms with Crippen LogP contribution in [0.2, 0.25) is 0 Å². The first kappa shape index (κ1) is 15.4. The lowest BCUT2D eigenvalue weighted by molar-refractivity contribution is -0.134. The summed E-state index contributed by atoms with van der Waals surface area (Å²) in [7, 11) is 0. The molecule has 1 unspecified atom stereocenters. The van der Waals surface area contributed by atoms with Gasteiger partial charge in [-0.2, -0.15) is 0 Å². The van der Waals surface area contributed by atoms with Gasteiger partial charge >= 0.3 is 0 Å². The van der Waals surface area contributed by atoms with Crippen molar-refractivity contribution in [2.75, 3.05) is 6.54 Å². The van der Waals surface area contributed by atoms with Crippen molar-refractivity contribution in [2.45, 2.75) is 50.7 Å². The first-order valence-electron chi connectivity index (χ1n) is 8.60. The summed E-state index contributed by atoms with van der Waals surface area (Å²) in [6.45, 7) is 2.58. The summed E-state index contributed by atoms with van der Waals surface area (Å²) in [4.78, 5) is 19.1. The summed E-state index contributed by atoms with van der Waals surface area (Å²) in [5, 5.41) is 10.4. The van der Waals surface area contributed by atoms with Gasteiger partial charge in [-0.3, -0.25) is 4.79 Å². The summed E-state index contributed by atoms with van der Waals surface area (Å²) < 4.78 is 5.74. The van der Waals surface area contributed by atoms with Gasteiger partial charge in [0.2, 0.25) is 11.8 Å². The van der Waals surface area contributed by atoms with Gasteiger partial charge in [0.1, 0.15) is 5.76 Å². The van der Waals surface area contributed by atoms with Crippen LogP contribution in [0.3, 0.4) is 0 Å². The fourth-order valence-corrected chi connectivity index (χ4v) is 3.63. The number of benzene rings is 1. The predicted molar refractivity (Wildman–Crippen MR) is 89.3 cm³/mol. The number of aromatic nitrogens is 1. The molecule has 2 aromatic rings. The van der Waals surface area contributed by atoms with Crippen LogP contribution >= 0.6 is 0 Å². The number of carbonyl (C=O) groups excluding carboxylic acids is 1. The molecule has 24 heavy (non-hydrogen) atoms. The fraction of sp³-hybridized carbons (Fsp3) is 0.474. The van der Waals surface area contributed by atoms with Crippen molar-refractivity contribution in [3.8, 4) is 11.5 Å². The third-order valence-electron chi connectivity index (χ3n) is 5.19. The Labute approximate surface area is 141 Å². The number of nitrogens with zero attached hydrogens (tertiary/aromatic N) is 2. The number of hydrogen-bond acceptors (Lipinski definition) is 4. The molecule has 5 nitrogen and oxygen atoms in total. The van der Waals surface area contributed by atoms with Crippen molar-refractivity contribution in [1.82, 2.24) is 9.88 Å². The monoisotopic (exact) mass is 326 g/mol. The zero-order chi connectivity index (χ0) is 16.7. The second kappa shape index (κ2) is 5.74. The lowest BCUT2D eigenvalue weighted by Gasteiger charge is -2.28. The highest BCUT2D eigenvalue weighted by atomic mass is 16.4. The van der Waals surface area contributed by atoms with E-state index in [1.54, 1.807) is 0 Å². The average molecular weight is 326 g/mol. The summed E-state index contributed by atoms with van der Waals surface area (Å²) >= 11 is 0. The average Bonchev–Trinajstić information content (AvgIpc) is 3.01. The Morgan fingerprint density at radius 2 is 2.12 bits per heavy atom. The number of amides is 1. The van der Waals surface area contributed by atoms with Crippen LogP contribution in [0.25, 0.3) is 11.5 Å². The van der Waals surface area contributed by atoms with E-state index in [1.807, 2.05) is 42.2 Å². The van der Waals surface area contributed by atoms with Crippen LogP contribution in [0.5, 0.6) is 0 Å². The first-order chi connectivity index (χ1) is 11.6. The van der Waals surface area contributed by atoms with Crippen molar-refractivity contribution >= 4 is 5.91 Å². The minimum absolute atomic E-state index is 0.0224. The van der Waals surface area contributed by atoms with Crippen molar-refractivity contribution in [3.63, 3.8) is 0 Å². The number of aryl methyl sites for hydroxylation is 1. The Morgan fingerprint density at radius 1 is 1.38 bits per heavy atom. The molecular weight excluding hydrogens is 304 g/mol. The van der Waals surface area contributed by atoms with Crippen molar-refractivity contribution < 1.29 is 14.3 Å². The molecule has 1 N–H and O–H groups in total. The third kappa shape index (κ3) is 2.73. The molecule has 4 rings (SSSR count). The highest BCUT2D eigenvalue weighted by molar-refractivity contribution is 5.79. The number of rotatable bonds is 4. The van der Waals surface area contributed by atoms with Gasteiger partial charge in [-0.25, -0.2) is 4.98 Å². The van der Waals surface area contributed by atoms with Gasteiger partial charge in [-0.15, -0.1) is 0 Å². The SMILES string of the molecule is Cc1oc(-c2ccccc2)nc1CC(=O)N1CCCC1C1(O)CC1. The van der Waals surface area contributed by atoms with E-state index in [9.17, 15) is 9.90 Å². The molecular formula is C19H22N2O3. The molecule has 1 saturated carbocycles. The minimum Gasteiger partial charge on any atom is -0.441 e. The topological polar surface area (TPSA) is 66.6 Å². The van der Waals surface area contributed by atoms with E-state index in [0.717, 1.165) is 37.8 Å². The minimum atomic E-state index is -0.639. The Bertz CT molecular complexity index is 749. The lowest BCUT2D eigenvalue weighted by Crippen LogP contribution is -2.44. The normalized spacial score (nSPS) is 21.9. The maximum Gasteiger partial charge on any atom is 0.229 e. The number of carbonyl (C=O) groups is 1. The molecule has 1 saturated heterocycles. The van der Waals surface area contributed by atoms with E-state index >= 15 is 0 Å². The highest BCUT2D eigenvalue weighted by Gasteiger charge is 2.52. The maximum absolute atomic E-state index is 12.7. The quantitative estimate of drug-likeness (QED) is 0.938. The highest BCUT2D eigenvalue weighted by Crippen LogP contribution is 2.44. The van der Waals surface area contributed by atoms with Gasteiger partial charge < -0.3 is 14.4 Å². The number of hydrogen-bond donors (Lipinski definition) is 1. The van der Waals surface area contributed by atoms with Gasteiger partial charge in [0, 0.05) is 12.1 Å². The Hall–Kier alpha value is -2.14. The summed E-state index contributed by atoms with van der Waals surface area (Å²) in [5.74, 6) is 1.27. The van der Waals surface area contributed by atoms with E-state index in [2.05, 4.69) is 4.98 Å². The third-order valence-corrected chi connectivity index (χ3v) is 5.19. The smallest absolute Gasteiger partial charge is 0.229 e. The van der Waals surface area contributed by atoms with Gasteiger partial charge in [-0.1, -0.05) is 18.2 Å². The van der Waals surface area contributed by atoms with Gasteiger partial charge in [-0.05, 0) is 44.7 Å². The molecule has 0 bridgehead atoms. The largest absolute Gasteiger partial charge is 0.441 e. The molecule has 2 aliphatic rings. The molecule has 2 heterocycles. The van der Waals surface area contributed by atoms with Crippen molar-refractivity contribution in [3.05, 3.63) is 41.8 Å². The van der Waals surface area contributed by atoms with Gasteiger partial charge in [0.05, 0.1) is 23.8 Å². The number of oxazole rings is 1. The molecule has 1 atom stereocenters. The van der Waals surface area contributed by atoms with Gasteiger partial charge in [0.15, 0.2) is 0 Å². The van der Waals surface area contributed by atoms with Crippen molar-refractivity contribution in [2.24, 2.45) is 0 Å². The Kier molecular flexibility index (Phi) is 3.68. The van der Waals surface area contributed by atoms with Crippen LogP contribution in [0.15, 0.2) is 34.7 Å². The number of aliphatic hydroxyl groups is 1. The maximum atomic E-state index is 12.7. The van der Waals surface area contributed by atoms with Crippen LogP contribution in [0.1, 0.15) is 37.1 Å². The second-order valence-electron chi connectivity index (χ2n) is 6.91. The summed E-state index contributed by atoms with van der Waals surface area (Å²) in [6.07, 6.45) is 3.71. The lowest BCUT2D eigenvalue weighted by atomic mass is 10.1. The molecule has 0 radical (unpaired) electrons. The zero-order valence-corrected chi connectivity index (χ0v) is 13.9. The molecule has 5 heteroatoms. The van der Waals surface area contributed by atoms with Crippen LogP contribution in [-0.2, 0) is 11.2 Å². The Morgan fingerprint density at radius 3 is 2.83 bits per heavy atom. The van der Waals surface area contributed by atoms with E-state index in [0.29, 0.717) is 17.3 Å². The van der Waals surface area contributed by atoms with Crippen molar-refractivity contribution in [1.29, 1.82) is 0 Å².